The summed E-state index contributed by atoms with van der Waals surface area (Å²) in [5.41, 5.74) is 1.49. The fourth-order valence-corrected chi connectivity index (χ4v) is 2.25. The zero-order chi connectivity index (χ0) is 18.2. The van der Waals surface area contributed by atoms with E-state index in [2.05, 4.69) is 29.5 Å². The number of nitrogens with zero attached hydrogens (tertiary/aromatic N) is 1. The lowest BCUT2D eigenvalue weighted by Crippen LogP contribution is -2.25. The maximum atomic E-state index is 12.2. The van der Waals surface area contributed by atoms with E-state index in [-0.39, 0.29) is 12.0 Å². The molecule has 2 rings (SSSR count). The summed E-state index contributed by atoms with van der Waals surface area (Å²) in [4.78, 5) is 16.5. The Morgan fingerprint density at radius 2 is 1.84 bits per heavy atom. The first kappa shape index (κ1) is 18.8. The molecule has 0 aliphatic carbocycles. The average molecular weight is 341 g/mol. The van der Waals surface area contributed by atoms with Crippen LogP contribution in [0.1, 0.15) is 44.5 Å². The lowest BCUT2D eigenvalue weighted by Gasteiger charge is -2.11. The maximum Gasteiger partial charge on any atom is 0.251 e. The van der Waals surface area contributed by atoms with Crippen LogP contribution >= 0.6 is 0 Å². The summed E-state index contributed by atoms with van der Waals surface area (Å²) in [5, 5.41) is 6.14. The van der Waals surface area contributed by atoms with Crippen molar-refractivity contribution in [1.29, 1.82) is 0 Å². The molecule has 5 heteroatoms. The Hall–Kier alpha value is -2.56. The minimum absolute atomic E-state index is 0.0771. The van der Waals surface area contributed by atoms with Gasteiger partial charge in [0.05, 0.1) is 6.10 Å². The van der Waals surface area contributed by atoms with Crippen LogP contribution in [0, 0.1) is 5.92 Å². The van der Waals surface area contributed by atoms with Gasteiger partial charge in [0.15, 0.2) is 0 Å². The molecule has 0 saturated heterocycles. The number of hydrogen-bond acceptors (Lipinski definition) is 4. The SMILES string of the molecule is CC(C)CCNC(=O)c1ccnc(Nc2ccc(OC(C)C)cc2)c1. The first-order chi connectivity index (χ1) is 11.9. The Morgan fingerprint density at radius 1 is 1.12 bits per heavy atom. The lowest BCUT2D eigenvalue weighted by atomic mass is 10.1. The van der Waals surface area contributed by atoms with E-state index in [0.29, 0.717) is 23.8 Å². The van der Waals surface area contributed by atoms with E-state index < -0.39 is 0 Å². The van der Waals surface area contributed by atoms with Gasteiger partial charge in [-0.2, -0.15) is 0 Å². The minimum Gasteiger partial charge on any atom is -0.491 e. The van der Waals surface area contributed by atoms with Crippen molar-refractivity contribution in [3.05, 3.63) is 48.2 Å². The minimum atomic E-state index is -0.0771. The summed E-state index contributed by atoms with van der Waals surface area (Å²) < 4.78 is 5.63. The van der Waals surface area contributed by atoms with Crippen LogP contribution in [0.2, 0.25) is 0 Å². The third kappa shape index (κ3) is 6.45. The van der Waals surface area contributed by atoms with Gasteiger partial charge in [0.1, 0.15) is 11.6 Å². The molecule has 1 aromatic heterocycles. The second-order valence-electron chi connectivity index (χ2n) is 6.68. The fourth-order valence-electron chi connectivity index (χ4n) is 2.25. The number of rotatable bonds is 8. The number of ether oxygens (including phenoxy) is 1. The number of carbonyl (C=O) groups excluding carboxylic acids is 1. The van der Waals surface area contributed by atoms with E-state index in [9.17, 15) is 4.79 Å². The van der Waals surface area contributed by atoms with Gasteiger partial charge in [0.25, 0.3) is 5.91 Å². The Kier molecular flexibility index (Phi) is 6.81. The van der Waals surface area contributed by atoms with Gasteiger partial charge < -0.3 is 15.4 Å². The van der Waals surface area contributed by atoms with Crippen LogP contribution in [0.5, 0.6) is 5.75 Å². The highest BCUT2D eigenvalue weighted by Gasteiger charge is 2.07. The fraction of sp³-hybridized carbons (Fsp3) is 0.400. The molecule has 0 fully saturated rings. The van der Waals surface area contributed by atoms with Crippen molar-refractivity contribution < 1.29 is 9.53 Å². The first-order valence-electron chi connectivity index (χ1n) is 8.72. The molecule has 2 aromatic rings. The Bertz CT molecular complexity index is 682. The van der Waals surface area contributed by atoms with Crippen LogP contribution in [0.15, 0.2) is 42.6 Å². The highest BCUT2D eigenvalue weighted by Crippen LogP contribution is 2.20. The molecule has 134 valence electrons. The van der Waals surface area contributed by atoms with Crippen molar-refractivity contribution in [2.24, 2.45) is 5.92 Å². The standard InChI is InChI=1S/C20H27N3O2/c1-14(2)9-11-22-20(24)16-10-12-21-19(13-16)23-17-5-7-18(8-6-17)25-15(3)4/h5-8,10,12-15H,9,11H2,1-4H3,(H,21,23)(H,22,24). The van der Waals surface area contributed by atoms with Crippen molar-refractivity contribution in [2.75, 3.05) is 11.9 Å². The Labute approximate surface area is 149 Å². The van der Waals surface area contributed by atoms with Gasteiger partial charge in [-0.1, -0.05) is 13.8 Å². The number of anilines is 2. The number of hydrogen-bond donors (Lipinski definition) is 2. The van der Waals surface area contributed by atoms with Crippen molar-refractivity contribution in [1.82, 2.24) is 10.3 Å². The molecule has 0 aliphatic rings. The summed E-state index contributed by atoms with van der Waals surface area (Å²) in [5.74, 6) is 1.95. The summed E-state index contributed by atoms with van der Waals surface area (Å²) in [6.45, 7) is 8.94. The van der Waals surface area contributed by atoms with Gasteiger partial charge in [-0.05, 0) is 62.6 Å². The third-order valence-corrected chi connectivity index (χ3v) is 3.53. The van der Waals surface area contributed by atoms with Gasteiger partial charge >= 0.3 is 0 Å². The smallest absolute Gasteiger partial charge is 0.251 e. The average Bonchev–Trinajstić information content (AvgIpc) is 2.56. The van der Waals surface area contributed by atoms with Gasteiger partial charge in [-0.3, -0.25) is 4.79 Å². The predicted molar refractivity (Wildman–Crippen MR) is 102 cm³/mol. The molecule has 0 unspecified atom stereocenters. The van der Waals surface area contributed by atoms with Crippen molar-refractivity contribution in [3.63, 3.8) is 0 Å². The number of aromatic nitrogens is 1. The van der Waals surface area contributed by atoms with Crippen molar-refractivity contribution >= 4 is 17.4 Å². The molecule has 2 N–H and O–H groups in total. The monoisotopic (exact) mass is 341 g/mol. The predicted octanol–water partition coefficient (Wildman–Crippen LogP) is 4.39. The van der Waals surface area contributed by atoms with Crippen LogP contribution in [0.3, 0.4) is 0 Å². The van der Waals surface area contributed by atoms with E-state index in [1.54, 1.807) is 18.3 Å². The van der Waals surface area contributed by atoms with E-state index >= 15 is 0 Å². The molecule has 0 bridgehead atoms. The number of carbonyl (C=O) groups is 1. The van der Waals surface area contributed by atoms with Crippen LogP contribution < -0.4 is 15.4 Å². The Morgan fingerprint density at radius 3 is 2.48 bits per heavy atom. The Balaban J connectivity index is 1.97. The first-order valence-corrected chi connectivity index (χ1v) is 8.72. The van der Waals surface area contributed by atoms with Crippen LogP contribution in [0.25, 0.3) is 0 Å². The largest absolute Gasteiger partial charge is 0.491 e. The third-order valence-electron chi connectivity index (χ3n) is 3.53. The van der Waals surface area contributed by atoms with Crippen LogP contribution in [-0.4, -0.2) is 23.5 Å². The maximum absolute atomic E-state index is 12.2. The highest BCUT2D eigenvalue weighted by molar-refractivity contribution is 5.94. The summed E-state index contributed by atoms with van der Waals surface area (Å²) in [6.07, 6.45) is 2.74. The van der Waals surface area contributed by atoms with E-state index in [4.69, 9.17) is 4.74 Å². The molecule has 1 aromatic carbocycles. The summed E-state index contributed by atoms with van der Waals surface area (Å²) in [6, 6.07) is 11.1. The molecule has 0 saturated carbocycles. The van der Waals surface area contributed by atoms with Gasteiger partial charge in [-0.25, -0.2) is 4.98 Å². The second-order valence-corrected chi connectivity index (χ2v) is 6.68. The van der Waals surface area contributed by atoms with E-state index in [1.807, 2.05) is 38.1 Å². The zero-order valence-corrected chi connectivity index (χ0v) is 15.4. The number of amides is 1. The number of pyridine rings is 1. The summed E-state index contributed by atoms with van der Waals surface area (Å²) >= 11 is 0. The zero-order valence-electron chi connectivity index (χ0n) is 15.4. The number of nitrogens with one attached hydrogen (secondary N) is 2. The van der Waals surface area contributed by atoms with Gasteiger partial charge in [0, 0.05) is 24.0 Å². The summed E-state index contributed by atoms with van der Waals surface area (Å²) in [7, 11) is 0. The molecule has 0 atom stereocenters. The highest BCUT2D eigenvalue weighted by atomic mass is 16.5. The molecule has 1 heterocycles. The molecule has 0 spiro atoms. The molecular weight excluding hydrogens is 314 g/mol. The van der Waals surface area contributed by atoms with Crippen LogP contribution in [0.4, 0.5) is 11.5 Å². The molecule has 0 radical (unpaired) electrons. The van der Waals surface area contributed by atoms with Crippen molar-refractivity contribution in [2.45, 2.75) is 40.2 Å². The molecular formula is C20H27N3O2. The van der Waals surface area contributed by atoms with Crippen LogP contribution in [-0.2, 0) is 0 Å². The quantitative estimate of drug-likeness (QED) is 0.747. The second kappa shape index (κ2) is 9.06. The molecule has 5 nitrogen and oxygen atoms in total. The number of benzene rings is 1. The molecule has 0 aliphatic heterocycles. The topological polar surface area (TPSA) is 63.2 Å². The van der Waals surface area contributed by atoms with E-state index in [0.717, 1.165) is 17.9 Å². The van der Waals surface area contributed by atoms with Gasteiger partial charge in [0.2, 0.25) is 0 Å². The van der Waals surface area contributed by atoms with Crippen molar-refractivity contribution in [3.8, 4) is 5.75 Å². The molecule has 25 heavy (non-hydrogen) atoms. The normalized spacial score (nSPS) is 10.8. The van der Waals surface area contributed by atoms with E-state index in [1.165, 1.54) is 0 Å². The van der Waals surface area contributed by atoms with Gasteiger partial charge in [-0.15, -0.1) is 0 Å². The molecule has 1 amide bonds. The lowest BCUT2D eigenvalue weighted by molar-refractivity contribution is 0.0952.